The molecule has 0 spiro atoms. The number of aromatic nitrogens is 5. The maximum absolute atomic E-state index is 13.6. The van der Waals surface area contributed by atoms with Gasteiger partial charge in [0.25, 0.3) is 5.56 Å². The van der Waals surface area contributed by atoms with E-state index in [9.17, 15) is 4.79 Å². The van der Waals surface area contributed by atoms with Gasteiger partial charge in [-0.1, -0.05) is 43.3 Å². The monoisotopic (exact) mass is 410 g/mol. The summed E-state index contributed by atoms with van der Waals surface area (Å²) in [6.07, 6.45) is 2.16. The van der Waals surface area contributed by atoms with Gasteiger partial charge in [-0.25, -0.2) is 14.6 Å². The fourth-order valence-corrected chi connectivity index (χ4v) is 4.14. The molecule has 31 heavy (non-hydrogen) atoms. The minimum Gasteiger partial charge on any atom is -0.383 e. The van der Waals surface area contributed by atoms with E-state index in [-0.39, 0.29) is 11.6 Å². The van der Waals surface area contributed by atoms with Gasteiger partial charge in [-0.15, -0.1) is 0 Å². The lowest BCUT2D eigenvalue weighted by atomic mass is 10.1. The number of nitrogen functional groups attached to an aromatic ring is 1. The molecule has 0 aliphatic carbocycles. The average Bonchev–Trinajstić information content (AvgIpc) is 3.19. The van der Waals surface area contributed by atoms with Crippen molar-refractivity contribution in [1.29, 1.82) is 0 Å². The van der Waals surface area contributed by atoms with Crippen LogP contribution in [0.25, 0.3) is 27.5 Å². The van der Waals surface area contributed by atoms with Gasteiger partial charge in [-0.2, -0.15) is 5.10 Å². The summed E-state index contributed by atoms with van der Waals surface area (Å²) in [5.41, 5.74) is 9.21. The lowest BCUT2D eigenvalue weighted by Gasteiger charge is -2.20. The van der Waals surface area contributed by atoms with Gasteiger partial charge in [0.2, 0.25) is 0 Å². The van der Waals surface area contributed by atoms with Crippen LogP contribution in [0.1, 0.15) is 31.3 Å². The second-order valence-electron chi connectivity index (χ2n) is 7.51. The second-order valence-corrected chi connectivity index (χ2v) is 7.51. The highest BCUT2D eigenvalue weighted by Crippen LogP contribution is 2.29. The third-order valence-electron chi connectivity index (χ3n) is 5.69. The normalized spacial score (nSPS) is 12.5. The zero-order chi connectivity index (χ0) is 21.5. The van der Waals surface area contributed by atoms with Gasteiger partial charge in [-0.05, 0) is 43.0 Å². The van der Waals surface area contributed by atoms with Gasteiger partial charge in [0, 0.05) is 11.1 Å². The highest BCUT2D eigenvalue weighted by Gasteiger charge is 2.23. The number of benzene rings is 2. The zero-order valence-corrected chi connectivity index (χ0v) is 17.4. The molecule has 5 rings (SSSR count). The van der Waals surface area contributed by atoms with Crippen molar-refractivity contribution in [2.24, 2.45) is 0 Å². The number of nitrogens with zero attached hydrogens (tertiary/aromatic N) is 5. The van der Waals surface area contributed by atoms with Crippen LogP contribution in [0.3, 0.4) is 0 Å². The number of anilines is 1. The highest BCUT2D eigenvalue weighted by atomic mass is 16.1. The van der Waals surface area contributed by atoms with Crippen molar-refractivity contribution < 1.29 is 0 Å². The molecular weight excluding hydrogens is 388 g/mol. The number of hydrogen-bond donors (Lipinski definition) is 1. The lowest BCUT2D eigenvalue weighted by Crippen LogP contribution is -2.25. The molecule has 0 fully saturated rings. The van der Waals surface area contributed by atoms with Crippen molar-refractivity contribution in [1.82, 2.24) is 24.3 Å². The number of aryl methyl sites for hydroxylation is 1. The summed E-state index contributed by atoms with van der Waals surface area (Å²) < 4.78 is 3.60. The number of nitrogens with two attached hydrogens (primary N) is 1. The van der Waals surface area contributed by atoms with Crippen LogP contribution in [-0.2, 0) is 6.42 Å². The van der Waals surface area contributed by atoms with Crippen LogP contribution in [0.5, 0.6) is 0 Å². The first-order valence-corrected chi connectivity index (χ1v) is 10.3. The fourth-order valence-electron chi connectivity index (χ4n) is 4.14. The van der Waals surface area contributed by atoms with Gasteiger partial charge in [0.1, 0.15) is 12.1 Å². The van der Waals surface area contributed by atoms with E-state index < -0.39 is 0 Å². The molecule has 0 amide bonds. The molecule has 7 heteroatoms. The Labute approximate surface area is 178 Å². The molecule has 0 radical (unpaired) electrons. The third-order valence-corrected chi connectivity index (χ3v) is 5.69. The minimum absolute atomic E-state index is 0.0625. The molecule has 7 nitrogen and oxygen atoms in total. The molecule has 0 aliphatic heterocycles. The molecule has 2 N–H and O–H groups in total. The molecule has 5 aromatic rings. The first-order valence-electron chi connectivity index (χ1n) is 10.3. The Hall–Kier alpha value is -4.00. The van der Waals surface area contributed by atoms with Crippen molar-refractivity contribution >= 4 is 27.6 Å². The van der Waals surface area contributed by atoms with Crippen molar-refractivity contribution in [3.63, 3.8) is 0 Å². The molecular formula is C24H22N6O. The molecule has 1 atom stereocenters. The van der Waals surface area contributed by atoms with E-state index in [0.717, 1.165) is 27.8 Å². The maximum Gasteiger partial charge on any atom is 0.263 e. The van der Waals surface area contributed by atoms with E-state index in [1.165, 1.54) is 6.33 Å². The van der Waals surface area contributed by atoms with Crippen LogP contribution in [0.2, 0.25) is 0 Å². The van der Waals surface area contributed by atoms with Gasteiger partial charge < -0.3 is 5.73 Å². The first-order chi connectivity index (χ1) is 15.1. The van der Waals surface area contributed by atoms with Crippen LogP contribution in [0.4, 0.5) is 5.82 Å². The molecule has 1 unspecified atom stereocenters. The summed E-state index contributed by atoms with van der Waals surface area (Å²) in [6, 6.07) is 19.1. The van der Waals surface area contributed by atoms with Gasteiger partial charge >= 0.3 is 0 Å². The molecule has 3 heterocycles. The van der Waals surface area contributed by atoms with E-state index in [0.29, 0.717) is 23.3 Å². The number of rotatable bonds is 4. The summed E-state index contributed by atoms with van der Waals surface area (Å²) in [5, 5.41) is 7.14. The number of hydrogen-bond acceptors (Lipinski definition) is 5. The molecule has 154 valence electrons. The summed E-state index contributed by atoms with van der Waals surface area (Å²) in [6.45, 7) is 4.05. The van der Waals surface area contributed by atoms with Crippen LogP contribution < -0.4 is 11.3 Å². The summed E-state index contributed by atoms with van der Waals surface area (Å²) in [4.78, 5) is 22.2. The van der Waals surface area contributed by atoms with Crippen LogP contribution >= 0.6 is 0 Å². The van der Waals surface area contributed by atoms with Gasteiger partial charge in [-0.3, -0.25) is 9.36 Å². The third kappa shape index (κ3) is 2.97. The van der Waals surface area contributed by atoms with Crippen LogP contribution in [-0.4, -0.2) is 24.3 Å². The SMILES string of the molecule is CCc1nn(C(C)c2cc3ccccc3c(=O)n2-c2ccccc2)c2ncnc(N)c12. The summed E-state index contributed by atoms with van der Waals surface area (Å²) in [7, 11) is 0. The molecule has 2 aromatic carbocycles. The van der Waals surface area contributed by atoms with E-state index in [1.54, 1.807) is 4.57 Å². The Bertz CT molecular complexity index is 1470. The quantitative estimate of drug-likeness (QED) is 0.485. The van der Waals surface area contributed by atoms with Crippen molar-refractivity contribution in [2.45, 2.75) is 26.3 Å². The van der Waals surface area contributed by atoms with Crippen molar-refractivity contribution in [3.8, 4) is 5.69 Å². The minimum atomic E-state index is -0.269. The average molecular weight is 410 g/mol. The summed E-state index contributed by atoms with van der Waals surface area (Å²) in [5.74, 6) is 0.416. The number of fused-ring (bicyclic) bond motifs is 2. The van der Waals surface area contributed by atoms with E-state index in [1.807, 2.05) is 73.1 Å². The fraction of sp³-hybridized carbons (Fsp3) is 0.167. The van der Waals surface area contributed by atoms with E-state index >= 15 is 0 Å². The number of pyridine rings is 1. The predicted molar refractivity (Wildman–Crippen MR) is 122 cm³/mol. The number of para-hydroxylation sites is 1. The van der Waals surface area contributed by atoms with Crippen LogP contribution in [0, 0.1) is 0 Å². The van der Waals surface area contributed by atoms with Crippen LogP contribution in [0.15, 0.2) is 71.8 Å². The Morgan fingerprint density at radius 2 is 1.77 bits per heavy atom. The van der Waals surface area contributed by atoms with E-state index in [2.05, 4.69) is 16.0 Å². The molecule has 3 aromatic heterocycles. The topological polar surface area (TPSA) is 91.6 Å². The zero-order valence-electron chi connectivity index (χ0n) is 17.4. The van der Waals surface area contributed by atoms with Gasteiger partial charge in [0.05, 0.1) is 22.8 Å². The summed E-state index contributed by atoms with van der Waals surface area (Å²) >= 11 is 0. The molecule has 0 aliphatic rings. The molecule has 0 saturated heterocycles. The largest absolute Gasteiger partial charge is 0.383 e. The lowest BCUT2D eigenvalue weighted by molar-refractivity contribution is 0.546. The predicted octanol–water partition coefficient (Wildman–Crippen LogP) is 3.88. The smallest absolute Gasteiger partial charge is 0.263 e. The van der Waals surface area contributed by atoms with Gasteiger partial charge in [0.15, 0.2) is 5.65 Å². The molecule has 0 bridgehead atoms. The standard InChI is InChI=1S/C24H22N6O/c1-3-19-21-22(25)26-14-27-23(21)30(28-19)15(2)20-13-16-9-7-8-12-18(16)24(31)29(20)17-10-5-4-6-11-17/h4-15H,3H2,1-2H3,(H2,25,26,27). The molecule has 0 saturated carbocycles. The Balaban J connectivity index is 1.82. The Kier molecular flexibility index (Phi) is 4.51. The second kappa shape index (κ2) is 7.36. The Morgan fingerprint density at radius 1 is 1.03 bits per heavy atom. The van der Waals surface area contributed by atoms with E-state index in [4.69, 9.17) is 10.8 Å². The maximum atomic E-state index is 13.6. The highest BCUT2D eigenvalue weighted by molar-refractivity contribution is 5.88. The Morgan fingerprint density at radius 3 is 2.55 bits per heavy atom. The first kappa shape index (κ1) is 19.0. The van der Waals surface area contributed by atoms with Crippen molar-refractivity contribution in [2.75, 3.05) is 5.73 Å². The van der Waals surface area contributed by atoms with Crippen molar-refractivity contribution in [3.05, 3.63) is 88.7 Å².